The third-order valence-electron chi connectivity index (χ3n) is 10.7. The van der Waals surface area contributed by atoms with Gasteiger partial charge in [0, 0.05) is 19.4 Å². The Bertz CT molecular complexity index is 1080. The van der Waals surface area contributed by atoms with Crippen LogP contribution in [0.2, 0.25) is 0 Å². The second-order valence-corrected chi connectivity index (χ2v) is 16.7. The maximum absolute atomic E-state index is 12.7. The molecule has 0 radical (unpaired) electrons. The molecule has 0 N–H and O–H groups in total. The highest BCUT2D eigenvalue weighted by molar-refractivity contribution is 5.70. The van der Waals surface area contributed by atoms with Gasteiger partial charge in [-0.1, -0.05) is 222 Å². The highest BCUT2D eigenvalue weighted by Crippen LogP contribution is 2.15. The molecule has 346 valence electrons. The van der Waals surface area contributed by atoms with Crippen LogP contribution in [0.5, 0.6) is 0 Å². The fourth-order valence-corrected chi connectivity index (χ4v) is 6.97. The van der Waals surface area contributed by atoms with Gasteiger partial charge in [0.25, 0.3) is 0 Å². The molecule has 0 rings (SSSR count). The van der Waals surface area contributed by atoms with E-state index in [2.05, 4.69) is 87.6 Å². The van der Waals surface area contributed by atoms with Gasteiger partial charge in [0.1, 0.15) is 6.61 Å². The molecule has 0 aromatic heterocycles. The first-order valence-corrected chi connectivity index (χ1v) is 25.5. The smallest absolute Gasteiger partial charge is 0.306 e. The van der Waals surface area contributed by atoms with Crippen molar-refractivity contribution in [3.8, 4) is 0 Å². The van der Waals surface area contributed by atoms with Gasteiger partial charge in [0.15, 0.2) is 6.10 Å². The molecule has 5 heteroatoms. The fraction of sp³-hybridized carbons (Fsp3) is 0.745. The number of hydrogen-bond acceptors (Lipinski definition) is 5. The Morgan fingerprint density at radius 3 is 1.30 bits per heavy atom. The standard InChI is InChI=1S/C55H96O5/c1-4-7-10-13-16-19-22-25-27-29-32-35-38-41-44-47-50-58-51-53(60-55(57)49-46-43-40-37-34-30-24-21-18-15-12-9-6-3)52-59-54(56)48-45-42-39-36-33-31-28-26-23-20-17-14-11-8-5-2/h9,12,16,18-19,21,25,27,30,34,40,43,53H,4-8,10-11,13-15,17,20,22-24,26,28-29,31-33,35-39,41-42,44-52H2,1-3H3/b12-9-,19-16-,21-18-,27-25-,34-30-,43-40-. The van der Waals surface area contributed by atoms with Crippen LogP contribution in [0.3, 0.4) is 0 Å². The summed E-state index contributed by atoms with van der Waals surface area (Å²) in [5.74, 6) is -0.492. The summed E-state index contributed by atoms with van der Waals surface area (Å²) in [5.41, 5.74) is 0. The van der Waals surface area contributed by atoms with Crippen molar-refractivity contribution in [3.63, 3.8) is 0 Å². The Kier molecular flexibility index (Phi) is 48.4. The molecule has 0 saturated carbocycles. The highest BCUT2D eigenvalue weighted by Gasteiger charge is 2.17. The van der Waals surface area contributed by atoms with Gasteiger partial charge >= 0.3 is 11.9 Å². The van der Waals surface area contributed by atoms with Gasteiger partial charge < -0.3 is 14.2 Å². The molecule has 0 fully saturated rings. The summed E-state index contributed by atoms with van der Waals surface area (Å²) < 4.78 is 17.3. The lowest BCUT2D eigenvalue weighted by Gasteiger charge is -2.18. The van der Waals surface area contributed by atoms with Crippen molar-refractivity contribution >= 4 is 11.9 Å². The second-order valence-electron chi connectivity index (χ2n) is 16.7. The first-order valence-electron chi connectivity index (χ1n) is 25.5. The highest BCUT2D eigenvalue weighted by atomic mass is 16.6. The minimum absolute atomic E-state index is 0.0526. The third-order valence-corrected chi connectivity index (χ3v) is 10.7. The molecule has 0 aliphatic rings. The van der Waals surface area contributed by atoms with Crippen molar-refractivity contribution in [1.29, 1.82) is 0 Å². The van der Waals surface area contributed by atoms with E-state index in [-0.39, 0.29) is 25.2 Å². The van der Waals surface area contributed by atoms with E-state index in [1.54, 1.807) is 0 Å². The van der Waals surface area contributed by atoms with Gasteiger partial charge in [-0.15, -0.1) is 0 Å². The van der Waals surface area contributed by atoms with Crippen LogP contribution in [0.15, 0.2) is 72.9 Å². The molecule has 1 unspecified atom stereocenters. The quantitative estimate of drug-likeness (QED) is 0.0347. The average molecular weight is 837 g/mol. The number of allylic oxidation sites excluding steroid dienone is 12. The molecule has 0 saturated heterocycles. The largest absolute Gasteiger partial charge is 0.462 e. The SMILES string of the molecule is CC/C=C\C/C=C\C/C=C\C/C=C\CCC(=O)OC(COCCCCCCCC/C=C\C/C=C\CCCCC)COC(=O)CCCCCCCCCCCCCCCCC. The summed E-state index contributed by atoms with van der Waals surface area (Å²) in [7, 11) is 0. The molecule has 0 bridgehead atoms. The van der Waals surface area contributed by atoms with Crippen LogP contribution in [0.25, 0.3) is 0 Å². The summed E-state index contributed by atoms with van der Waals surface area (Å²) in [5, 5.41) is 0. The molecule has 0 aliphatic carbocycles. The lowest BCUT2D eigenvalue weighted by Crippen LogP contribution is -2.30. The fourth-order valence-electron chi connectivity index (χ4n) is 6.97. The van der Waals surface area contributed by atoms with Gasteiger partial charge in [-0.2, -0.15) is 0 Å². The van der Waals surface area contributed by atoms with Crippen LogP contribution < -0.4 is 0 Å². The zero-order valence-electron chi connectivity index (χ0n) is 39.7. The van der Waals surface area contributed by atoms with Crippen LogP contribution in [0, 0.1) is 0 Å². The maximum Gasteiger partial charge on any atom is 0.306 e. The van der Waals surface area contributed by atoms with Crippen LogP contribution in [-0.2, 0) is 23.8 Å². The predicted octanol–water partition coefficient (Wildman–Crippen LogP) is 17.1. The Balaban J connectivity index is 4.35. The molecule has 0 amide bonds. The van der Waals surface area contributed by atoms with Gasteiger partial charge in [-0.05, 0) is 77.0 Å². The lowest BCUT2D eigenvalue weighted by molar-refractivity contribution is -0.162. The van der Waals surface area contributed by atoms with Gasteiger partial charge in [0.05, 0.1) is 6.61 Å². The molecule has 1 atom stereocenters. The molecule has 0 aliphatic heterocycles. The summed E-state index contributed by atoms with van der Waals surface area (Å²) >= 11 is 0. The minimum Gasteiger partial charge on any atom is -0.462 e. The predicted molar refractivity (Wildman–Crippen MR) is 260 cm³/mol. The number of unbranched alkanes of at least 4 members (excludes halogenated alkanes) is 23. The second kappa shape index (κ2) is 50.7. The van der Waals surface area contributed by atoms with Gasteiger partial charge in [-0.3, -0.25) is 9.59 Å². The van der Waals surface area contributed by atoms with E-state index >= 15 is 0 Å². The Morgan fingerprint density at radius 1 is 0.383 bits per heavy atom. The number of rotatable bonds is 46. The van der Waals surface area contributed by atoms with Crippen LogP contribution in [-0.4, -0.2) is 37.9 Å². The van der Waals surface area contributed by atoms with Gasteiger partial charge in [0.2, 0.25) is 0 Å². The van der Waals surface area contributed by atoms with Crippen molar-refractivity contribution in [3.05, 3.63) is 72.9 Å². The number of hydrogen-bond donors (Lipinski definition) is 0. The summed E-state index contributed by atoms with van der Waals surface area (Å²) in [6.07, 6.45) is 64.9. The van der Waals surface area contributed by atoms with Crippen molar-refractivity contribution in [1.82, 2.24) is 0 Å². The molecule has 0 heterocycles. The lowest BCUT2D eigenvalue weighted by atomic mass is 10.0. The van der Waals surface area contributed by atoms with E-state index < -0.39 is 6.10 Å². The van der Waals surface area contributed by atoms with Gasteiger partial charge in [-0.25, -0.2) is 0 Å². The zero-order valence-corrected chi connectivity index (χ0v) is 39.7. The molecule has 60 heavy (non-hydrogen) atoms. The van der Waals surface area contributed by atoms with Crippen molar-refractivity contribution in [2.75, 3.05) is 19.8 Å². The number of ether oxygens (including phenoxy) is 3. The summed E-state index contributed by atoms with van der Waals surface area (Å²) in [6, 6.07) is 0. The molecule has 0 spiro atoms. The normalized spacial score (nSPS) is 12.8. The van der Waals surface area contributed by atoms with Crippen molar-refractivity contribution in [2.45, 2.75) is 245 Å². The summed E-state index contributed by atoms with van der Waals surface area (Å²) in [4.78, 5) is 25.3. The Morgan fingerprint density at radius 2 is 0.783 bits per heavy atom. The molecule has 5 nitrogen and oxygen atoms in total. The Labute approximate surface area is 372 Å². The number of carbonyl (C=O) groups is 2. The van der Waals surface area contributed by atoms with Crippen LogP contribution in [0.4, 0.5) is 0 Å². The number of carbonyl (C=O) groups excluding carboxylic acids is 2. The summed E-state index contributed by atoms with van der Waals surface area (Å²) in [6.45, 7) is 7.60. The molecular formula is C55H96O5. The number of esters is 2. The Hall–Kier alpha value is -2.66. The van der Waals surface area contributed by atoms with E-state index in [1.807, 2.05) is 6.08 Å². The minimum atomic E-state index is -0.579. The van der Waals surface area contributed by atoms with E-state index in [0.29, 0.717) is 25.9 Å². The third kappa shape index (κ3) is 48.0. The monoisotopic (exact) mass is 837 g/mol. The van der Waals surface area contributed by atoms with E-state index in [0.717, 1.165) is 57.8 Å². The maximum atomic E-state index is 12.7. The van der Waals surface area contributed by atoms with Crippen molar-refractivity contribution in [2.24, 2.45) is 0 Å². The topological polar surface area (TPSA) is 61.8 Å². The van der Waals surface area contributed by atoms with Crippen molar-refractivity contribution < 1.29 is 23.8 Å². The average Bonchev–Trinajstić information content (AvgIpc) is 3.25. The van der Waals surface area contributed by atoms with E-state index in [4.69, 9.17) is 14.2 Å². The first-order chi connectivity index (χ1) is 29.6. The molecular weight excluding hydrogens is 741 g/mol. The van der Waals surface area contributed by atoms with Crippen LogP contribution in [0.1, 0.15) is 239 Å². The zero-order chi connectivity index (χ0) is 43.5. The first kappa shape index (κ1) is 57.3. The molecule has 0 aromatic carbocycles. The van der Waals surface area contributed by atoms with E-state index in [9.17, 15) is 9.59 Å². The van der Waals surface area contributed by atoms with E-state index in [1.165, 1.54) is 141 Å². The van der Waals surface area contributed by atoms with Crippen LogP contribution >= 0.6 is 0 Å². The molecule has 0 aromatic rings.